The minimum Gasteiger partial charge on any atom is -0.502 e. The molecule has 0 spiro atoms. The molecule has 1 aromatic carbocycles. The van der Waals surface area contributed by atoms with Crippen molar-refractivity contribution in [3.05, 3.63) is 39.6 Å². The third-order valence-electron chi connectivity index (χ3n) is 3.22. The molecule has 0 fully saturated rings. The van der Waals surface area contributed by atoms with Crippen LogP contribution in [0.4, 0.5) is 0 Å². The highest BCUT2D eigenvalue weighted by atomic mass is 35.5. The van der Waals surface area contributed by atoms with E-state index in [-0.39, 0.29) is 22.7 Å². The molecular formula is C15H15Cl2NO4. The predicted octanol–water partition coefficient (Wildman–Crippen LogP) is 3.06. The maximum atomic E-state index is 12.4. The standard InChI is InChI=1S/C15H15Cl2NO4/c1-2-22-7-3-6-18-14(20)12(13(19)15(18)21)10-5-4-9(16)8-11(10)17/h4-5,8,19H,2-3,6-7H2,1H3. The van der Waals surface area contributed by atoms with E-state index in [0.29, 0.717) is 24.7 Å². The zero-order valence-corrected chi connectivity index (χ0v) is 13.4. The Bertz CT molecular complexity index is 642. The summed E-state index contributed by atoms with van der Waals surface area (Å²) in [7, 11) is 0. The number of aliphatic hydroxyl groups is 1. The quantitative estimate of drug-likeness (QED) is 0.636. The summed E-state index contributed by atoms with van der Waals surface area (Å²) < 4.78 is 5.17. The number of carbonyl (C=O) groups excluding carboxylic acids is 2. The third-order valence-corrected chi connectivity index (χ3v) is 3.77. The fourth-order valence-electron chi connectivity index (χ4n) is 2.17. The van der Waals surface area contributed by atoms with E-state index in [4.69, 9.17) is 27.9 Å². The van der Waals surface area contributed by atoms with Gasteiger partial charge >= 0.3 is 0 Å². The van der Waals surface area contributed by atoms with Crippen LogP contribution >= 0.6 is 23.2 Å². The van der Waals surface area contributed by atoms with Crippen LogP contribution in [0.5, 0.6) is 0 Å². The number of carbonyl (C=O) groups is 2. The molecule has 0 bridgehead atoms. The van der Waals surface area contributed by atoms with Gasteiger partial charge in [-0.2, -0.15) is 0 Å². The Hall–Kier alpha value is -1.56. The molecule has 2 rings (SSSR count). The summed E-state index contributed by atoms with van der Waals surface area (Å²) in [6.07, 6.45) is 0.500. The van der Waals surface area contributed by atoms with Gasteiger partial charge < -0.3 is 9.84 Å². The molecule has 0 aliphatic carbocycles. The normalized spacial score (nSPS) is 15.1. The molecule has 5 nitrogen and oxygen atoms in total. The minimum absolute atomic E-state index is 0.0944. The summed E-state index contributed by atoms with van der Waals surface area (Å²) in [4.78, 5) is 25.4. The smallest absolute Gasteiger partial charge is 0.296 e. The SMILES string of the molecule is CCOCCCN1C(=O)C(O)=C(c2ccc(Cl)cc2Cl)C1=O. The van der Waals surface area contributed by atoms with Gasteiger partial charge in [-0.3, -0.25) is 14.5 Å². The summed E-state index contributed by atoms with van der Waals surface area (Å²) in [6.45, 7) is 3.04. The number of nitrogens with zero attached hydrogens (tertiary/aromatic N) is 1. The van der Waals surface area contributed by atoms with Crippen LogP contribution in [0.15, 0.2) is 24.0 Å². The Kier molecular flexibility index (Phi) is 5.45. The van der Waals surface area contributed by atoms with E-state index in [1.54, 1.807) is 6.07 Å². The first-order valence-electron chi connectivity index (χ1n) is 6.80. The second-order valence-corrected chi connectivity index (χ2v) is 5.50. The molecule has 118 valence electrons. The van der Waals surface area contributed by atoms with Crippen molar-refractivity contribution < 1.29 is 19.4 Å². The van der Waals surface area contributed by atoms with Crippen molar-refractivity contribution in [1.29, 1.82) is 0 Å². The van der Waals surface area contributed by atoms with Crippen LogP contribution in [-0.2, 0) is 14.3 Å². The van der Waals surface area contributed by atoms with Crippen molar-refractivity contribution in [2.24, 2.45) is 0 Å². The topological polar surface area (TPSA) is 66.8 Å². The number of hydrogen-bond acceptors (Lipinski definition) is 4. The lowest BCUT2D eigenvalue weighted by Crippen LogP contribution is -2.33. The Balaban J connectivity index is 2.22. The fraction of sp³-hybridized carbons (Fsp3) is 0.333. The van der Waals surface area contributed by atoms with Gasteiger partial charge in [0, 0.05) is 30.3 Å². The van der Waals surface area contributed by atoms with Crippen molar-refractivity contribution in [3.63, 3.8) is 0 Å². The second kappa shape index (κ2) is 7.13. The minimum atomic E-state index is -0.720. The molecule has 1 aromatic rings. The lowest BCUT2D eigenvalue weighted by Gasteiger charge is -2.14. The van der Waals surface area contributed by atoms with Gasteiger partial charge in [-0.25, -0.2) is 0 Å². The maximum Gasteiger partial charge on any atom is 0.296 e. The predicted molar refractivity (Wildman–Crippen MR) is 83.8 cm³/mol. The molecule has 7 heteroatoms. The van der Waals surface area contributed by atoms with E-state index in [1.165, 1.54) is 12.1 Å². The molecule has 0 radical (unpaired) electrons. The molecule has 0 saturated heterocycles. The van der Waals surface area contributed by atoms with Crippen LogP contribution in [0.1, 0.15) is 18.9 Å². The van der Waals surface area contributed by atoms with Gasteiger partial charge in [0.1, 0.15) is 0 Å². The van der Waals surface area contributed by atoms with Crippen molar-refractivity contribution in [2.45, 2.75) is 13.3 Å². The number of imide groups is 1. The molecule has 1 heterocycles. The lowest BCUT2D eigenvalue weighted by molar-refractivity contribution is -0.138. The Labute approximate surface area is 138 Å². The first-order valence-corrected chi connectivity index (χ1v) is 7.55. The average Bonchev–Trinajstić information content (AvgIpc) is 2.68. The Morgan fingerprint density at radius 1 is 1.23 bits per heavy atom. The van der Waals surface area contributed by atoms with Crippen molar-refractivity contribution >= 4 is 40.6 Å². The van der Waals surface area contributed by atoms with Crippen molar-refractivity contribution in [1.82, 2.24) is 4.90 Å². The maximum absolute atomic E-state index is 12.4. The highest BCUT2D eigenvalue weighted by molar-refractivity contribution is 6.40. The van der Waals surface area contributed by atoms with E-state index in [2.05, 4.69) is 0 Å². The number of aliphatic hydroxyl groups excluding tert-OH is 1. The van der Waals surface area contributed by atoms with Gasteiger partial charge in [0.15, 0.2) is 5.76 Å². The third kappa shape index (κ3) is 3.27. The van der Waals surface area contributed by atoms with Gasteiger partial charge in [-0.15, -0.1) is 0 Å². The molecule has 2 amide bonds. The molecule has 1 aliphatic heterocycles. The molecule has 22 heavy (non-hydrogen) atoms. The largest absolute Gasteiger partial charge is 0.502 e. The molecule has 0 unspecified atom stereocenters. The molecule has 0 aromatic heterocycles. The van der Waals surface area contributed by atoms with Gasteiger partial charge in [0.2, 0.25) is 0 Å². The van der Waals surface area contributed by atoms with Crippen molar-refractivity contribution in [2.75, 3.05) is 19.8 Å². The van der Waals surface area contributed by atoms with Gasteiger partial charge in [0.05, 0.1) is 10.6 Å². The highest BCUT2D eigenvalue weighted by Crippen LogP contribution is 2.33. The summed E-state index contributed by atoms with van der Waals surface area (Å²) in [5, 5.41) is 10.6. The van der Waals surface area contributed by atoms with Crippen LogP contribution in [0.25, 0.3) is 5.57 Å². The number of amides is 2. The van der Waals surface area contributed by atoms with Crippen LogP contribution in [0.3, 0.4) is 0 Å². The van der Waals surface area contributed by atoms with E-state index >= 15 is 0 Å². The Morgan fingerprint density at radius 3 is 2.59 bits per heavy atom. The van der Waals surface area contributed by atoms with E-state index in [0.717, 1.165) is 4.90 Å². The zero-order chi connectivity index (χ0) is 16.3. The zero-order valence-electron chi connectivity index (χ0n) is 11.9. The van der Waals surface area contributed by atoms with Crippen molar-refractivity contribution in [3.8, 4) is 0 Å². The number of rotatable bonds is 6. The van der Waals surface area contributed by atoms with Gasteiger partial charge in [-0.05, 0) is 25.5 Å². The van der Waals surface area contributed by atoms with Crippen LogP contribution in [0.2, 0.25) is 10.0 Å². The number of benzene rings is 1. The van der Waals surface area contributed by atoms with Gasteiger partial charge in [0.25, 0.3) is 11.8 Å². The number of ether oxygens (including phenoxy) is 1. The molecule has 0 atom stereocenters. The molecule has 1 N–H and O–H groups in total. The molecule has 0 saturated carbocycles. The highest BCUT2D eigenvalue weighted by Gasteiger charge is 2.39. The van der Waals surface area contributed by atoms with Gasteiger partial charge in [-0.1, -0.05) is 29.3 Å². The average molecular weight is 344 g/mol. The second-order valence-electron chi connectivity index (χ2n) is 4.66. The number of hydrogen-bond donors (Lipinski definition) is 1. The summed E-state index contributed by atoms with van der Waals surface area (Å²) >= 11 is 11.9. The summed E-state index contributed by atoms with van der Waals surface area (Å²) in [5.41, 5.74) is 0.192. The van der Waals surface area contributed by atoms with E-state index < -0.39 is 17.6 Å². The summed E-state index contributed by atoms with van der Waals surface area (Å²) in [6, 6.07) is 4.50. The van der Waals surface area contributed by atoms with E-state index in [9.17, 15) is 14.7 Å². The summed E-state index contributed by atoms with van der Waals surface area (Å²) in [5.74, 6) is -1.88. The first-order chi connectivity index (χ1) is 10.5. The number of halogens is 2. The molecule has 1 aliphatic rings. The lowest BCUT2D eigenvalue weighted by atomic mass is 10.1. The van der Waals surface area contributed by atoms with Crippen LogP contribution in [-0.4, -0.2) is 41.6 Å². The Morgan fingerprint density at radius 2 is 1.95 bits per heavy atom. The van der Waals surface area contributed by atoms with Crippen LogP contribution in [0, 0.1) is 0 Å². The monoisotopic (exact) mass is 343 g/mol. The first kappa shape index (κ1) is 16.8. The van der Waals surface area contributed by atoms with E-state index in [1.807, 2.05) is 6.92 Å². The molecular weight excluding hydrogens is 329 g/mol. The fourth-order valence-corrected chi connectivity index (χ4v) is 2.67. The van der Waals surface area contributed by atoms with Crippen LogP contribution < -0.4 is 0 Å².